The molecule has 1 atom stereocenters. The van der Waals surface area contributed by atoms with Crippen LogP contribution in [-0.4, -0.2) is 43.8 Å². The Labute approximate surface area is 265 Å². The first-order valence-electron chi connectivity index (χ1n) is 14.4. The average molecular weight is 655 g/mol. The maximum Gasteiger partial charge on any atom is 0.335 e. The molecule has 13 heteroatoms. The molecule has 1 aliphatic heterocycles. The number of carboxylic acid groups (broad SMARTS) is 1. The first-order valence-corrected chi connectivity index (χ1v) is 15.3. The van der Waals surface area contributed by atoms with E-state index in [-0.39, 0.29) is 51.5 Å². The minimum atomic E-state index is -3.05. The summed E-state index contributed by atoms with van der Waals surface area (Å²) in [7, 11) is 0. The van der Waals surface area contributed by atoms with Crippen LogP contribution in [0.3, 0.4) is 0 Å². The Morgan fingerprint density at radius 2 is 1.93 bits per heavy atom. The summed E-state index contributed by atoms with van der Waals surface area (Å²) in [4.78, 5) is 24.5. The second-order valence-corrected chi connectivity index (χ2v) is 13.3. The predicted octanol–water partition coefficient (Wildman–Crippen LogP) is 7.72. The van der Waals surface area contributed by atoms with Gasteiger partial charge >= 0.3 is 5.97 Å². The molecular weight excluding hydrogens is 624 g/mol. The molecule has 240 valence electrons. The van der Waals surface area contributed by atoms with Gasteiger partial charge in [0.25, 0.3) is 11.8 Å². The molecule has 0 bridgehead atoms. The monoisotopic (exact) mass is 654 g/mol. The van der Waals surface area contributed by atoms with Gasteiger partial charge in [0.15, 0.2) is 5.82 Å². The number of hydrogen-bond acceptors (Lipinski definition) is 7. The van der Waals surface area contributed by atoms with Gasteiger partial charge in [-0.1, -0.05) is 19.9 Å². The van der Waals surface area contributed by atoms with Gasteiger partial charge in [-0.3, -0.25) is 0 Å². The molecule has 0 radical (unpaired) electrons. The van der Waals surface area contributed by atoms with E-state index in [9.17, 15) is 23.1 Å². The highest BCUT2D eigenvalue weighted by molar-refractivity contribution is 7.11. The lowest BCUT2D eigenvalue weighted by Gasteiger charge is -2.28. The number of aromatic carboxylic acids is 1. The molecule has 0 spiro atoms. The number of carboxylic acids is 1. The van der Waals surface area contributed by atoms with Crippen LogP contribution in [-0.2, 0) is 23.7 Å². The molecule has 1 saturated heterocycles. The number of alkyl halides is 2. The molecule has 5 aromatic rings. The van der Waals surface area contributed by atoms with E-state index in [1.165, 1.54) is 18.2 Å². The molecule has 2 aromatic carbocycles. The number of imidazole rings is 1. The van der Waals surface area contributed by atoms with Gasteiger partial charge in [0.2, 0.25) is 0 Å². The summed E-state index contributed by atoms with van der Waals surface area (Å²) >= 11 is 0.758. The topological polar surface area (TPSA) is 99.4 Å². The van der Waals surface area contributed by atoms with Gasteiger partial charge in [0, 0.05) is 30.5 Å². The molecule has 3 aromatic heterocycles. The summed E-state index contributed by atoms with van der Waals surface area (Å²) in [5, 5.41) is 9.84. The Morgan fingerprint density at radius 1 is 1.15 bits per heavy atom. The van der Waals surface area contributed by atoms with Crippen LogP contribution in [0.4, 0.5) is 17.6 Å². The Kier molecular flexibility index (Phi) is 8.09. The van der Waals surface area contributed by atoms with Gasteiger partial charge in [-0.25, -0.2) is 37.3 Å². The second kappa shape index (κ2) is 11.8. The maximum absolute atomic E-state index is 15.8. The van der Waals surface area contributed by atoms with Crippen molar-refractivity contribution in [3.63, 3.8) is 0 Å². The third-order valence-electron chi connectivity index (χ3n) is 8.12. The Morgan fingerprint density at radius 3 is 2.61 bits per heavy atom. The Bertz CT molecular complexity index is 1970. The summed E-state index contributed by atoms with van der Waals surface area (Å²) in [6.07, 6.45) is 1.18. The van der Waals surface area contributed by atoms with E-state index in [0.29, 0.717) is 46.8 Å². The summed E-state index contributed by atoms with van der Waals surface area (Å²) in [6.45, 7) is 7.31. The molecule has 8 nitrogen and oxygen atoms in total. The zero-order valence-corrected chi connectivity index (χ0v) is 26.2. The molecule has 46 heavy (non-hydrogen) atoms. The number of nitrogens with zero attached hydrogens (tertiary/aromatic N) is 4. The number of ether oxygens (including phenoxy) is 2. The third kappa shape index (κ3) is 6.08. The van der Waals surface area contributed by atoms with Gasteiger partial charge in [-0.05, 0) is 54.4 Å². The van der Waals surface area contributed by atoms with Crippen LogP contribution in [0, 0.1) is 24.0 Å². The van der Waals surface area contributed by atoms with Crippen LogP contribution >= 0.6 is 11.3 Å². The number of rotatable bonds is 9. The van der Waals surface area contributed by atoms with E-state index < -0.39 is 23.5 Å². The van der Waals surface area contributed by atoms with Crippen molar-refractivity contribution in [1.82, 2.24) is 19.5 Å². The number of pyridine rings is 1. The normalized spacial score (nSPS) is 16.3. The van der Waals surface area contributed by atoms with Crippen LogP contribution in [0.25, 0.3) is 22.3 Å². The van der Waals surface area contributed by atoms with Crippen molar-refractivity contribution in [1.29, 1.82) is 0 Å². The Balaban J connectivity index is 1.31. The molecule has 4 heterocycles. The lowest BCUT2D eigenvalue weighted by Crippen LogP contribution is -2.27. The van der Waals surface area contributed by atoms with Gasteiger partial charge in [-0.2, -0.15) is 0 Å². The smallest absolute Gasteiger partial charge is 0.335 e. The van der Waals surface area contributed by atoms with Crippen LogP contribution in [0.1, 0.15) is 64.0 Å². The number of aromatic nitrogens is 4. The van der Waals surface area contributed by atoms with Gasteiger partial charge < -0.3 is 19.1 Å². The first-order chi connectivity index (χ1) is 21.7. The van der Waals surface area contributed by atoms with E-state index >= 15 is 4.39 Å². The molecule has 1 fully saturated rings. The van der Waals surface area contributed by atoms with E-state index in [1.807, 2.05) is 4.57 Å². The zero-order chi connectivity index (χ0) is 33.0. The minimum Gasteiger partial charge on any atom is -0.478 e. The van der Waals surface area contributed by atoms with Crippen molar-refractivity contribution in [3.8, 4) is 17.1 Å². The number of carbonyl (C=O) groups is 1. The van der Waals surface area contributed by atoms with Gasteiger partial charge in [0.1, 0.15) is 23.3 Å². The van der Waals surface area contributed by atoms with Crippen LogP contribution in [0.2, 0.25) is 0 Å². The molecule has 0 amide bonds. The summed E-state index contributed by atoms with van der Waals surface area (Å²) in [5.74, 6) is -5.20. The number of fused-ring (bicyclic) bond motifs is 1. The van der Waals surface area contributed by atoms with Crippen molar-refractivity contribution < 1.29 is 36.9 Å². The first kappa shape index (κ1) is 31.6. The number of benzene rings is 2. The van der Waals surface area contributed by atoms with Gasteiger partial charge in [0.05, 0.1) is 46.4 Å². The summed E-state index contributed by atoms with van der Waals surface area (Å²) in [6, 6.07) is 10.1. The quantitative estimate of drug-likeness (QED) is 0.163. The standard InChI is InChI=1S/C33H30F4N4O4S/c1-17-9-19(11-28-39-24-7-5-18(31(42)43)10-25(24)41(28)26-14-44-16-32(26,2)3)22(35)12-20(17)23-8-6-21(34)30(40-23)45-15-29-38-13-27(46-29)33(4,36)37/h5-10,12-13,26H,11,14-16H2,1-4H3,(H,42,43). The summed E-state index contributed by atoms with van der Waals surface area (Å²) in [5.41, 5.74) is 2.77. The lowest BCUT2D eigenvalue weighted by atomic mass is 9.87. The lowest BCUT2D eigenvalue weighted by molar-refractivity contribution is 0.0213. The molecule has 1 N–H and O–H groups in total. The molecule has 0 saturated carbocycles. The highest BCUT2D eigenvalue weighted by Crippen LogP contribution is 2.41. The van der Waals surface area contributed by atoms with Crippen LogP contribution in [0.15, 0.2) is 48.7 Å². The van der Waals surface area contributed by atoms with E-state index in [4.69, 9.17) is 14.5 Å². The van der Waals surface area contributed by atoms with E-state index in [1.54, 1.807) is 25.1 Å². The Hall–Kier alpha value is -4.36. The number of thiazole rings is 1. The SMILES string of the molecule is Cc1cc(Cc2nc3ccc(C(=O)O)cc3n2C2COCC2(C)C)c(F)cc1-c1ccc(F)c(OCc2ncc(C(C)(F)F)s2)n1. The van der Waals surface area contributed by atoms with Crippen molar-refractivity contribution >= 4 is 28.3 Å². The number of halogens is 4. The fraction of sp³-hybridized carbons (Fsp3) is 0.333. The predicted molar refractivity (Wildman–Crippen MR) is 163 cm³/mol. The van der Waals surface area contributed by atoms with Gasteiger partial charge in [-0.15, -0.1) is 11.3 Å². The number of hydrogen-bond donors (Lipinski definition) is 1. The highest BCUT2D eigenvalue weighted by atomic mass is 32.1. The maximum atomic E-state index is 15.8. The van der Waals surface area contributed by atoms with E-state index in [0.717, 1.165) is 30.5 Å². The second-order valence-electron chi connectivity index (χ2n) is 12.1. The largest absolute Gasteiger partial charge is 0.478 e. The van der Waals surface area contributed by atoms with Crippen molar-refractivity contribution in [2.45, 2.75) is 52.7 Å². The zero-order valence-electron chi connectivity index (χ0n) is 25.4. The van der Waals surface area contributed by atoms with Crippen molar-refractivity contribution in [2.24, 2.45) is 5.41 Å². The number of aryl methyl sites for hydroxylation is 1. The van der Waals surface area contributed by atoms with Crippen LogP contribution < -0.4 is 4.74 Å². The van der Waals surface area contributed by atoms with Crippen molar-refractivity contribution in [3.05, 3.63) is 92.7 Å². The molecule has 1 aliphatic rings. The molecule has 6 rings (SSSR count). The van der Waals surface area contributed by atoms with Crippen molar-refractivity contribution in [2.75, 3.05) is 13.2 Å². The fourth-order valence-electron chi connectivity index (χ4n) is 5.64. The molecule has 1 unspecified atom stereocenters. The average Bonchev–Trinajstić information content (AvgIpc) is 3.70. The van der Waals surface area contributed by atoms with E-state index in [2.05, 4.69) is 23.8 Å². The minimum absolute atomic E-state index is 0.119. The summed E-state index contributed by atoms with van der Waals surface area (Å²) < 4.78 is 70.8. The fourth-order valence-corrected chi connectivity index (χ4v) is 6.40. The third-order valence-corrected chi connectivity index (χ3v) is 9.27. The van der Waals surface area contributed by atoms with Crippen LogP contribution in [0.5, 0.6) is 5.88 Å². The molecule has 0 aliphatic carbocycles. The highest BCUT2D eigenvalue weighted by Gasteiger charge is 2.39. The molecular formula is C33H30F4N4O4S.